The monoisotopic (exact) mass is 401 g/mol. The van der Waals surface area contributed by atoms with E-state index in [2.05, 4.69) is 5.32 Å². The van der Waals surface area contributed by atoms with Gasteiger partial charge in [0.05, 0.1) is 11.5 Å². The molecule has 7 heteroatoms. The van der Waals surface area contributed by atoms with Crippen LogP contribution in [0.5, 0.6) is 5.75 Å². The predicted octanol–water partition coefficient (Wildman–Crippen LogP) is 2.39. The van der Waals surface area contributed by atoms with Crippen LogP contribution in [0.25, 0.3) is 0 Å². The molecule has 1 amide bonds. The second-order valence-corrected chi connectivity index (χ2v) is 9.19. The lowest BCUT2D eigenvalue weighted by Gasteiger charge is -2.09. The molecular formula is C21H23NO5S. The van der Waals surface area contributed by atoms with Gasteiger partial charge in [0.1, 0.15) is 5.75 Å². The molecule has 1 fully saturated rings. The lowest BCUT2D eigenvalue weighted by atomic mass is 10.1. The Labute approximate surface area is 164 Å². The quantitative estimate of drug-likeness (QED) is 0.568. The number of esters is 1. The Hall–Kier alpha value is -2.67. The maximum Gasteiger partial charge on any atom is 0.311 e. The number of nitrogens with one attached hydrogen (secondary N) is 1. The molecule has 0 saturated carbocycles. The Bertz CT molecular complexity index is 923. The third kappa shape index (κ3) is 5.92. The number of amides is 1. The highest BCUT2D eigenvalue weighted by atomic mass is 32.2. The molecule has 1 atom stereocenters. The maximum absolute atomic E-state index is 12.2. The number of benzene rings is 2. The Kier molecular flexibility index (Phi) is 6.46. The molecule has 1 N–H and O–H groups in total. The highest BCUT2D eigenvalue weighted by Crippen LogP contribution is 2.22. The zero-order chi connectivity index (χ0) is 20.0. The molecule has 1 saturated heterocycles. The molecule has 2 aromatic rings. The van der Waals surface area contributed by atoms with E-state index < -0.39 is 15.8 Å². The van der Waals surface area contributed by atoms with Gasteiger partial charge in [-0.25, -0.2) is 8.42 Å². The molecule has 0 aliphatic carbocycles. The summed E-state index contributed by atoms with van der Waals surface area (Å²) in [6.45, 7) is 0.532. The van der Waals surface area contributed by atoms with Crippen LogP contribution >= 0.6 is 0 Å². The molecular weight excluding hydrogens is 378 g/mol. The van der Waals surface area contributed by atoms with Crippen molar-refractivity contribution < 1.29 is 22.7 Å². The van der Waals surface area contributed by atoms with Crippen LogP contribution < -0.4 is 10.1 Å². The van der Waals surface area contributed by atoms with E-state index >= 15 is 0 Å². The van der Waals surface area contributed by atoms with Crippen molar-refractivity contribution in [3.63, 3.8) is 0 Å². The normalized spacial score (nSPS) is 17.8. The van der Waals surface area contributed by atoms with Crippen molar-refractivity contribution in [1.82, 2.24) is 5.32 Å². The van der Waals surface area contributed by atoms with Gasteiger partial charge in [-0.2, -0.15) is 0 Å². The second-order valence-electron chi connectivity index (χ2n) is 6.96. The van der Waals surface area contributed by atoms with E-state index in [9.17, 15) is 18.0 Å². The van der Waals surface area contributed by atoms with E-state index in [-0.39, 0.29) is 29.8 Å². The summed E-state index contributed by atoms with van der Waals surface area (Å²) in [6.07, 6.45) is 1.33. The fraction of sp³-hybridized carbons (Fsp3) is 0.333. The second kappa shape index (κ2) is 9.01. The van der Waals surface area contributed by atoms with E-state index in [1.54, 1.807) is 24.3 Å². The highest BCUT2D eigenvalue weighted by Gasteiger charge is 2.30. The third-order valence-electron chi connectivity index (χ3n) is 4.67. The van der Waals surface area contributed by atoms with Crippen LogP contribution in [0, 0.1) is 5.92 Å². The van der Waals surface area contributed by atoms with Gasteiger partial charge in [0, 0.05) is 18.5 Å². The van der Waals surface area contributed by atoms with Gasteiger partial charge in [0.25, 0.3) is 5.91 Å². The fourth-order valence-electron chi connectivity index (χ4n) is 3.18. The lowest BCUT2D eigenvalue weighted by molar-refractivity contribution is -0.135. The zero-order valence-corrected chi connectivity index (χ0v) is 16.3. The molecule has 0 bridgehead atoms. The van der Waals surface area contributed by atoms with Crippen molar-refractivity contribution in [3.05, 3.63) is 65.7 Å². The van der Waals surface area contributed by atoms with E-state index in [4.69, 9.17) is 4.74 Å². The van der Waals surface area contributed by atoms with Crippen molar-refractivity contribution in [3.8, 4) is 5.75 Å². The first-order valence-corrected chi connectivity index (χ1v) is 11.1. The molecule has 3 rings (SSSR count). The number of rotatable bonds is 7. The van der Waals surface area contributed by atoms with Gasteiger partial charge in [0.2, 0.25) is 0 Å². The number of sulfone groups is 1. The van der Waals surface area contributed by atoms with E-state index in [0.717, 1.165) is 12.0 Å². The Morgan fingerprint density at radius 1 is 1.04 bits per heavy atom. The van der Waals surface area contributed by atoms with Gasteiger partial charge in [-0.1, -0.05) is 30.3 Å². The Balaban J connectivity index is 1.45. The summed E-state index contributed by atoms with van der Waals surface area (Å²) >= 11 is 0. The first kappa shape index (κ1) is 20.1. The topological polar surface area (TPSA) is 89.5 Å². The summed E-state index contributed by atoms with van der Waals surface area (Å²) in [5.74, 6) is -0.297. The molecule has 0 radical (unpaired) electrons. The van der Waals surface area contributed by atoms with Gasteiger partial charge in [-0.3, -0.25) is 9.59 Å². The molecule has 2 aromatic carbocycles. The van der Waals surface area contributed by atoms with Crippen molar-refractivity contribution >= 4 is 21.7 Å². The van der Waals surface area contributed by atoms with Crippen LogP contribution in [-0.2, 0) is 21.1 Å². The van der Waals surface area contributed by atoms with Crippen LogP contribution in [0.2, 0.25) is 0 Å². The van der Waals surface area contributed by atoms with Gasteiger partial charge < -0.3 is 10.1 Å². The average molecular weight is 401 g/mol. The predicted molar refractivity (Wildman–Crippen MR) is 106 cm³/mol. The molecule has 6 nitrogen and oxygen atoms in total. The van der Waals surface area contributed by atoms with Crippen molar-refractivity contribution in [1.29, 1.82) is 0 Å². The number of ether oxygens (including phenoxy) is 1. The molecule has 0 aromatic heterocycles. The summed E-state index contributed by atoms with van der Waals surface area (Å²) in [5.41, 5.74) is 1.63. The first-order valence-electron chi connectivity index (χ1n) is 9.24. The van der Waals surface area contributed by atoms with E-state index in [0.29, 0.717) is 24.3 Å². The standard InChI is InChI=1S/C21H23NO5S/c23-20(14-17-11-13-28(25,26)15-17)27-19-8-6-18(7-9-19)21(24)22-12-10-16-4-2-1-3-5-16/h1-9,17H,10-15H2,(H,22,24)/t17-/m1/s1. The van der Waals surface area contributed by atoms with E-state index in [1.165, 1.54) is 0 Å². The maximum atomic E-state index is 12.2. The van der Waals surface area contributed by atoms with Crippen LogP contribution in [0.4, 0.5) is 0 Å². The van der Waals surface area contributed by atoms with Gasteiger partial charge >= 0.3 is 5.97 Å². The van der Waals surface area contributed by atoms with Crippen molar-refractivity contribution in [2.45, 2.75) is 19.3 Å². The fourth-order valence-corrected chi connectivity index (χ4v) is 5.05. The van der Waals surface area contributed by atoms with Gasteiger partial charge in [-0.05, 0) is 48.6 Å². The minimum atomic E-state index is -3.01. The summed E-state index contributed by atoms with van der Waals surface area (Å²) in [7, 11) is -3.01. The highest BCUT2D eigenvalue weighted by molar-refractivity contribution is 7.91. The Morgan fingerprint density at radius 3 is 2.39 bits per heavy atom. The van der Waals surface area contributed by atoms with E-state index in [1.807, 2.05) is 30.3 Å². The van der Waals surface area contributed by atoms with Crippen LogP contribution in [0.1, 0.15) is 28.8 Å². The molecule has 28 heavy (non-hydrogen) atoms. The molecule has 1 heterocycles. The molecule has 1 aliphatic heterocycles. The SMILES string of the molecule is O=C(C[C@H]1CCS(=O)(=O)C1)Oc1ccc(C(=O)NCCc2ccccc2)cc1. The summed E-state index contributed by atoms with van der Waals surface area (Å²) < 4.78 is 28.1. The molecule has 148 valence electrons. The van der Waals surface area contributed by atoms with Gasteiger partial charge in [0.15, 0.2) is 9.84 Å². The van der Waals surface area contributed by atoms with Crippen molar-refractivity contribution in [2.75, 3.05) is 18.1 Å². The number of carbonyl (C=O) groups excluding carboxylic acids is 2. The van der Waals surface area contributed by atoms with Crippen LogP contribution in [-0.4, -0.2) is 38.3 Å². The number of hydrogen-bond donors (Lipinski definition) is 1. The minimum absolute atomic E-state index is 0.0458. The first-order chi connectivity index (χ1) is 13.4. The van der Waals surface area contributed by atoms with Gasteiger partial charge in [-0.15, -0.1) is 0 Å². The molecule has 0 spiro atoms. The minimum Gasteiger partial charge on any atom is -0.427 e. The largest absolute Gasteiger partial charge is 0.427 e. The Morgan fingerprint density at radius 2 is 1.75 bits per heavy atom. The third-order valence-corrected chi connectivity index (χ3v) is 6.51. The lowest BCUT2D eigenvalue weighted by Crippen LogP contribution is -2.25. The van der Waals surface area contributed by atoms with Crippen LogP contribution in [0.3, 0.4) is 0 Å². The van der Waals surface area contributed by atoms with Crippen molar-refractivity contribution in [2.24, 2.45) is 5.92 Å². The smallest absolute Gasteiger partial charge is 0.311 e. The summed E-state index contributed by atoms with van der Waals surface area (Å²) in [6, 6.07) is 16.2. The van der Waals surface area contributed by atoms with Crippen LogP contribution in [0.15, 0.2) is 54.6 Å². The number of carbonyl (C=O) groups is 2. The average Bonchev–Trinajstić information content (AvgIpc) is 3.01. The zero-order valence-electron chi connectivity index (χ0n) is 15.5. The number of hydrogen-bond acceptors (Lipinski definition) is 5. The summed E-state index contributed by atoms with van der Waals surface area (Å²) in [4.78, 5) is 24.2. The molecule has 0 unspecified atom stereocenters. The summed E-state index contributed by atoms with van der Waals surface area (Å²) in [5, 5.41) is 2.86. The molecule has 1 aliphatic rings.